The molecule has 4 aliphatic rings. The Morgan fingerprint density at radius 3 is 2.44 bits per heavy atom. The molecule has 0 saturated heterocycles. The minimum atomic E-state index is -0.857. The number of ether oxygens (including phenoxy) is 2. The standard InChI is InChI=1S/C27H36N4O5/c1-26(2,3)31-23(28-24(32)36-16-17-8-6-5-7-9-17)12-20(29-31)19-10-21(22(11-19)35-4)30(25(33)34)27-13-18(14-27)15-27/h5-9,12,18-19,21-22H,10-11,13-16H2,1-4H3,(H,28,32)(H,33,34). The molecule has 9 heteroatoms. The molecule has 4 aliphatic carbocycles. The second kappa shape index (κ2) is 9.10. The number of hydrogen-bond donors (Lipinski definition) is 2. The molecule has 4 saturated carbocycles. The average Bonchev–Trinajstić information content (AvgIpc) is 3.38. The number of nitrogens with one attached hydrogen (secondary N) is 1. The Labute approximate surface area is 211 Å². The van der Waals surface area contributed by atoms with E-state index in [-0.39, 0.29) is 35.7 Å². The fourth-order valence-electron chi connectivity index (χ4n) is 6.23. The van der Waals surface area contributed by atoms with Crippen LogP contribution in [0.4, 0.5) is 15.4 Å². The first-order valence-corrected chi connectivity index (χ1v) is 12.7. The number of hydrogen-bond acceptors (Lipinski definition) is 5. The van der Waals surface area contributed by atoms with Gasteiger partial charge in [0.1, 0.15) is 12.4 Å². The molecule has 2 bridgehead atoms. The van der Waals surface area contributed by atoms with Gasteiger partial charge in [0, 0.05) is 24.6 Å². The van der Waals surface area contributed by atoms with Crippen LogP contribution >= 0.6 is 0 Å². The molecule has 2 amide bonds. The Bertz CT molecular complexity index is 1110. The summed E-state index contributed by atoms with van der Waals surface area (Å²) in [5, 5.41) is 17.8. The van der Waals surface area contributed by atoms with Crippen molar-refractivity contribution in [2.24, 2.45) is 5.92 Å². The van der Waals surface area contributed by atoms with Gasteiger partial charge in [-0.15, -0.1) is 0 Å². The van der Waals surface area contributed by atoms with E-state index in [1.807, 2.05) is 57.2 Å². The maximum atomic E-state index is 12.6. The third-order valence-corrected chi connectivity index (χ3v) is 8.05. The monoisotopic (exact) mass is 496 g/mol. The fraction of sp³-hybridized carbons (Fsp3) is 0.593. The summed E-state index contributed by atoms with van der Waals surface area (Å²) in [7, 11) is 1.66. The van der Waals surface area contributed by atoms with Crippen LogP contribution in [0.3, 0.4) is 0 Å². The Morgan fingerprint density at radius 2 is 1.89 bits per heavy atom. The first-order chi connectivity index (χ1) is 17.1. The van der Waals surface area contributed by atoms with Gasteiger partial charge in [-0.3, -0.25) is 10.2 Å². The van der Waals surface area contributed by atoms with Crippen molar-refractivity contribution >= 4 is 18.0 Å². The number of nitrogens with zero attached hydrogens (tertiary/aromatic N) is 3. The van der Waals surface area contributed by atoms with Crippen LogP contribution in [0.1, 0.15) is 70.1 Å². The highest BCUT2D eigenvalue weighted by Gasteiger charge is 2.64. The van der Waals surface area contributed by atoms with Crippen molar-refractivity contribution in [2.75, 3.05) is 12.4 Å². The molecule has 1 aromatic carbocycles. The van der Waals surface area contributed by atoms with Gasteiger partial charge in [0.15, 0.2) is 0 Å². The molecule has 36 heavy (non-hydrogen) atoms. The summed E-state index contributed by atoms with van der Waals surface area (Å²) in [5.41, 5.74) is 1.16. The molecular formula is C27H36N4O5. The lowest BCUT2D eigenvalue weighted by molar-refractivity contribution is -0.154. The molecule has 1 heterocycles. The van der Waals surface area contributed by atoms with E-state index in [0.717, 1.165) is 30.5 Å². The summed E-state index contributed by atoms with van der Waals surface area (Å²) >= 11 is 0. The van der Waals surface area contributed by atoms with Crippen LogP contribution in [0.5, 0.6) is 0 Å². The normalized spacial score (nSPS) is 28.7. The number of carboxylic acid groups (broad SMARTS) is 1. The summed E-state index contributed by atoms with van der Waals surface area (Å²) < 4.78 is 13.0. The zero-order valence-electron chi connectivity index (χ0n) is 21.4. The lowest BCUT2D eigenvalue weighted by atomic mass is 9.49. The Hall–Kier alpha value is -3.07. The van der Waals surface area contributed by atoms with Gasteiger partial charge < -0.3 is 14.6 Å². The van der Waals surface area contributed by atoms with Gasteiger partial charge in [-0.05, 0) is 64.4 Å². The van der Waals surface area contributed by atoms with E-state index in [0.29, 0.717) is 24.6 Å². The SMILES string of the molecule is COC1CC(c2cc(NC(=O)OCc3ccccc3)n(C(C)(C)C)n2)CC1N(C(=O)O)C12CC(C1)C2. The van der Waals surface area contributed by atoms with Gasteiger partial charge in [0.25, 0.3) is 0 Å². The molecule has 2 aromatic rings. The number of anilines is 1. The zero-order valence-corrected chi connectivity index (χ0v) is 21.4. The Morgan fingerprint density at radius 1 is 1.19 bits per heavy atom. The van der Waals surface area contributed by atoms with E-state index in [9.17, 15) is 14.7 Å². The van der Waals surface area contributed by atoms with Gasteiger partial charge in [-0.2, -0.15) is 5.10 Å². The number of methoxy groups -OCH3 is 1. The summed E-state index contributed by atoms with van der Waals surface area (Å²) in [6.45, 7) is 6.24. The van der Waals surface area contributed by atoms with E-state index in [1.165, 1.54) is 0 Å². The molecule has 6 rings (SSSR count). The van der Waals surface area contributed by atoms with Crippen LogP contribution in [0.25, 0.3) is 0 Å². The van der Waals surface area contributed by atoms with E-state index in [4.69, 9.17) is 14.6 Å². The third kappa shape index (κ3) is 4.45. The molecule has 1 aromatic heterocycles. The Balaban J connectivity index is 1.33. The molecule has 0 spiro atoms. The molecule has 2 N–H and O–H groups in total. The number of carbonyl (C=O) groups is 2. The maximum Gasteiger partial charge on any atom is 0.413 e. The van der Waals surface area contributed by atoms with Gasteiger partial charge in [-0.1, -0.05) is 30.3 Å². The van der Waals surface area contributed by atoms with Crippen LogP contribution in [0.2, 0.25) is 0 Å². The second-order valence-electron chi connectivity index (χ2n) is 11.6. The molecule has 0 aliphatic heterocycles. The van der Waals surface area contributed by atoms with Gasteiger partial charge >= 0.3 is 12.2 Å². The van der Waals surface area contributed by atoms with Crippen LogP contribution in [-0.4, -0.2) is 56.8 Å². The second-order valence-corrected chi connectivity index (χ2v) is 11.6. The Kier molecular flexibility index (Phi) is 6.22. The smallest absolute Gasteiger partial charge is 0.413 e. The summed E-state index contributed by atoms with van der Waals surface area (Å²) in [5.74, 6) is 1.27. The quantitative estimate of drug-likeness (QED) is 0.547. The van der Waals surface area contributed by atoms with Gasteiger partial charge in [0.2, 0.25) is 0 Å². The van der Waals surface area contributed by atoms with Crippen LogP contribution in [0.15, 0.2) is 36.4 Å². The van der Waals surface area contributed by atoms with Crippen molar-refractivity contribution in [3.63, 3.8) is 0 Å². The number of amides is 2. The lowest BCUT2D eigenvalue weighted by Gasteiger charge is -2.67. The molecule has 0 radical (unpaired) electrons. The van der Waals surface area contributed by atoms with Crippen LogP contribution < -0.4 is 5.32 Å². The highest BCUT2D eigenvalue weighted by Crippen LogP contribution is 2.62. The molecule has 194 valence electrons. The minimum absolute atomic E-state index is 0.0265. The number of rotatable bonds is 7. The van der Waals surface area contributed by atoms with Crippen molar-refractivity contribution in [1.82, 2.24) is 14.7 Å². The number of benzene rings is 1. The van der Waals surface area contributed by atoms with Crippen molar-refractivity contribution in [2.45, 2.75) is 88.6 Å². The van der Waals surface area contributed by atoms with Gasteiger partial charge in [0.05, 0.1) is 23.4 Å². The largest absolute Gasteiger partial charge is 0.465 e. The van der Waals surface area contributed by atoms with Crippen molar-refractivity contribution in [1.29, 1.82) is 0 Å². The van der Waals surface area contributed by atoms with E-state index >= 15 is 0 Å². The highest BCUT2D eigenvalue weighted by molar-refractivity contribution is 5.83. The summed E-state index contributed by atoms with van der Waals surface area (Å²) in [4.78, 5) is 26.6. The van der Waals surface area contributed by atoms with Crippen LogP contribution in [0, 0.1) is 5.92 Å². The van der Waals surface area contributed by atoms with E-state index < -0.39 is 12.2 Å². The zero-order chi connectivity index (χ0) is 25.7. The lowest BCUT2D eigenvalue weighted by Crippen LogP contribution is -2.72. The third-order valence-electron chi connectivity index (χ3n) is 8.05. The van der Waals surface area contributed by atoms with Crippen molar-refractivity contribution < 1.29 is 24.2 Å². The predicted molar refractivity (Wildman–Crippen MR) is 134 cm³/mol. The molecule has 4 fully saturated rings. The van der Waals surface area contributed by atoms with E-state index in [1.54, 1.807) is 16.7 Å². The van der Waals surface area contributed by atoms with Crippen LogP contribution in [-0.2, 0) is 21.6 Å². The van der Waals surface area contributed by atoms with E-state index in [2.05, 4.69) is 5.32 Å². The molecule has 9 nitrogen and oxygen atoms in total. The van der Waals surface area contributed by atoms with Crippen molar-refractivity contribution in [3.8, 4) is 0 Å². The van der Waals surface area contributed by atoms with Crippen molar-refractivity contribution in [3.05, 3.63) is 47.7 Å². The first kappa shape index (κ1) is 24.6. The summed E-state index contributed by atoms with van der Waals surface area (Å²) in [6.07, 6.45) is 2.64. The maximum absolute atomic E-state index is 12.6. The number of aromatic nitrogens is 2. The number of carbonyl (C=O) groups excluding carboxylic acids is 1. The molecule has 3 atom stereocenters. The molecule has 3 unspecified atom stereocenters. The average molecular weight is 497 g/mol. The molecular weight excluding hydrogens is 460 g/mol. The first-order valence-electron chi connectivity index (χ1n) is 12.7. The topological polar surface area (TPSA) is 106 Å². The minimum Gasteiger partial charge on any atom is -0.465 e. The highest BCUT2D eigenvalue weighted by atomic mass is 16.5. The summed E-state index contributed by atoms with van der Waals surface area (Å²) in [6, 6.07) is 11.2. The predicted octanol–water partition coefficient (Wildman–Crippen LogP) is 5.18. The fourth-order valence-corrected chi connectivity index (χ4v) is 6.23. The van der Waals surface area contributed by atoms with Gasteiger partial charge in [-0.25, -0.2) is 14.3 Å².